The predicted molar refractivity (Wildman–Crippen MR) is 99.0 cm³/mol. The Labute approximate surface area is 147 Å². The van der Waals surface area contributed by atoms with Crippen LogP contribution in [-0.2, 0) is 9.59 Å². The Bertz CT molecular complexity index is 739. The number of carbonyl (C=O) groups excluding carboxylic acids is 2. The Hall–Kier alpha value is -2.66. The Morgan fingerprint density at radius 1 is 0.960 bits per heavy atom. The van der Waals surface area contributed by atoms with Crippen LogP contribution in [0.4, 0.5) is 11.4 Å². The fraction of sp³-hybridized carbons (Fsp3) is 0.300. The van der Waals surface area contributed by atoms with E-state index in [1.54, 1.807) is 24.3 Å². The molecule has 2 atom stereocenters. The van der Waals surface area contributed by atoms with Gasteiger partial charge in [-0.1, -0.05) is 37.3 Å². The second-order valence-corrected chi connectivity index (χ2v) is 6.56. The van der Waals surface area contributed by atoms with Crippen molar-refractivity contribution >= 4 is 23.2 Å². The van der Waals surface area contributed by atoms with E-state index in [1.807, 2.05) is 37.3 Å². The van der Waals surface area contributed by atoms with Crippen molar-refractivity contribution in [2.75, 3.05) is 10.6 Å². The van der Waals surface area contributed by atoms with E-state index in [4.69, 9.17) is 5.73 Å². The van der Waals surface area contributed by atoms with Gasteiger partial charge in [0.15, 0.2) is 0 Å². The number of nitrogens with one attached hydrogen (secondary N) is 2. The van der Waals surface area contributed by atoms with E-state index in [-0.39, 0.29) is 29.7 Å². The van der Waals surface area contributed by atoms with Crippen molar-refractivity contribution in [1.82, 2.24) is 0 Å². The number of rotatable bonds is 6. The van der Waals surface area contributed by atoms with Gasteiger partial charge in [0.05, 0.1) is 5.92 Å². The lowest BCUT2D eigenvalue weighted by molar-refractivity contribution is -0.120. The molecule has 0 spiro atoms. The number of hydrogen-bond acceptors (Lipinski definition) is 3. The summed E-state index contributed by atoms with van der Waals surface area (Å²) in [6, 6.07) is 16.4. The molecule has 1 saturated carbocycles. The molecule has 2 aromatic carbocycles. The molecular weight excluding hydrogens is 314 g/mol. The summed E-state index contributed by atoms with van der Waals surface area (Å²) in [5.74, 6) is -0.262. The van der Waals surface area contributed by atoms with Crippen molar-refractivity contribution < 1.29 is 9.59 Å². The van der Waals surface area contributed by atoms with Gasteiger partial charge in [0.1, 0.15) is 0 Å². The Morgan fingerprint density at radius 3 is 2.08 bits per heavy atom. The van der Waals surface area contributed by atoms with Gasteiger partial charge in [-0.15, -0.1) is 0 Å². The van der Waals surface area contributed by atoms with Gasteiger partial charge >= 0.3 is 0 Å². The third-order valence-electron chi connectivity index (χ3n) is 4.50. The molecule has 1 aliphatic carbocycles. The maximum atomic E-state index is 12.4. The van der Waals surface area contributed by atoms with Crippen LogP contribution in [0.1, 0.15) is 31.4 Å². The molecule has 0 aliphatic heterocycles. The fourth-order valence-electron chi connectivity index (χ4n) is 2.61. The first kappa shape index (κ1) is 17.2. The minimum Gasteiger partial charge on any atom is -0.326 e. The maximum absolute atomic E-state index is 12.4. The molecule has 2 amide bonds. The lowest BCUT2D eigenvalue weighted by atomic mass is 9.94. The first-order chi connectivity index (χ1) is 12.0. The third-order valence-corrected chi connectivity index (χ3v) is 4.50. The van der Waals surface area contributed by atoms with Crippen molar-refractivity contribution in [1.29, 1.82) is 0 Å². The van der Waals surface area contributed by atoms with Crippen LogP contribution in [0.15, 0.2) is 54.6 Å². The molecule has 0 aromatic heterocycles. The Kier molecular flexibility index (Phi) is 5.14. The van der Waals surface area contributed by atoms with Crippen LogP contribution in [0.2, 0.25) is 0 Å². The molecule has 0 saturated heterocycles. The van der Waals surface area contributed by atoms with Gasteiger partial charge < -0.3 is 16.4 Å². The summed E-state index contributed by atoms with van der Waals surface area (Å²) in [7, 11) is 0. The molecule has 2 aromatic rings. The van der Waals surface area contributed by atoms with Crippen LogP contribution in [0.5, 0.6) is 0 Å². The first-order valence-electron chi connectivity index (χ1n) is 8.57. The van der Waals surface area contributed by atoms with Crippen molar-refractivity contribution in [3.05, 3.63) is 60.2 Å². The summed E-state index contributed by atoms with van der Waals surface area (Å²) >= 11 is 0. The molecule has 0 heterocycles. The van der Waals surface area contributed by atoms with Gasteiger partial charge in [-0.05, 0) is 42.7 Å². The highest BCUT2D eigenvalue weighted by molar-refractivity contribution is 5.95. The fourth-order valence-corrected chi connectivity index (χ4v) is 2.61. The van der Waals surface area contributed by atoms with E-state index in [0.29, 0.717) is 5.69 Å². The molecule has 5 heteroatoms. The van der Waals surface area contributed by atoms with Gasteiger partial charge in [0.25, 0.3) is 0 Å². The molecule has 1 aliphatic rings. The summed E-state index contributed by atoms with van der Waals surface area (Å²) in [4.78, 5) is 24.2. The number of nitrogens with two attached hydrogens (primary N) is 1. The molecule has 0 bridgehead atoms. The summed E-state index contributed by atoms with van der Waals surface area (Å²) in [6.07, 6.45) is 1.94. The van der Waals surface area contributed by atoms with Crippen LogP contribution < -0.4 is 16.4 Å². The summed E-state index contributed by atoms with van der Waals surface area (Å²) in [5, 5.41) is 5.75. The zero-order valence-electron chi connectivity index (χ0n) is 14.2. The summed E-state index contributed by atoms with van der Waals surface area (Å²) in [5.41, 5.74) is 8.55. The minimum atomic E-state index is -0.364. The maximum Gasteiger partial charge on any atom is 0.229 e. The van der Waals surface area contributed by atoms with Crippen LogP contribution in [0, 0.1) is 11.8 Å². The zero-order valence-corrected chi connectivity index (χ0v) is 14.2. The average Bonchev–Trinajstić information content (AvgIpc) is 3.48. The van der Waals surface area contributed by atoms with Crippen LogP contribution >= 0.6 is 0 Å². The van der Waals surface area contributed by atoms with Crippen LogP contribution in [0.3, 0.4) is 0 Å². The highest BCUT2D eigenvalue weighted by Crippen LogP contribution is 2.30. The highest BCUT2D eigenvalue weighted by atomic mass is 16.2. The first-order valence-corrected chi connectivity index (χ1v) is 8.57. The van der Waals surface area contributed by atoms with Gasteiger partial charge in [0, 0.05) is 23.3 Å². The highest BCUT2D eigenvalue weighted by Gasteiger charge is 2.29. The smallest absolute Gasteiger partial charge is 0.229 e. The predicted octanol–water partition coefficient (Wildman–Crippen LogP) is 3.31. The van der Waals surface area contributed by atoms with E-state index >= 15 is 0 Å². The number of amides is 2. The molecule has 4 N–H and O–H groups in total. The molecule has 5 nitrogen and oxygen atoms in total. The van der Waals surface area contributed by atoms with Crippen molar-refractivity contribution in [3.63, 3.8) is 0 Å². The van der Waals surface area contributed by atoms with Crippen LogP contribution in [0.25, 0.3) is 0 Å². The van der Waals surface area contributed by atoms with E-state index in [9.17, 15) is 9.59 Å². The second-order valence-electron chi connectivity index (χ2n) is 6.56. The van der Waals surface area contributed by atoms with E-state index in [0.717, 1.165) is 24.1 Å². The zero-order chi connectivity index (χ0) is 17.8. The lowest BCUT2D eigenvalue weighted by Gasteiger charge is -2.20. The monoisotopic (exact) mass is 337 g/mol. The molecular formula is C20H23N3O2. The van der Waals surface area contributed by atoms with E-state index in [2.05, 4.69) is 10.6 Å². The largest absolute Gasteiger partial charge is 0.326 e. The molecule has 1 fully saturated rings. The van der Waals surface area contributed by atoms with Gasteiger partial charge in [-0.3, -0.25) is 9.59 Å². The number of anilines is 2. The quantitative estimate of drug-likeness (QED) is 0.756. The van der Waals surface area contributed by atoms with E-state index < -0.39 is 0 Å². The van der Waals surface area contributed by atoms with E-state index in [1.165, 1.54) is 0 Å². The minimum absolute atomic E-state index is 0.0687. The molecule has 2 unspecified atom stereocenters. The van der Waals surface area contributed by atoms with Crippen molar-refractivity contribution in [3.8, 4) is 0 Å². The van der Waals surface area contributed by atoms with Crippen LogP contribution in [-0.4, -0.2) is 11.8 Å². The topological polar surface area (TPSA) is 84.2 Å². The van der Waals surface area contributed by atoms with Gasteiger partial charge in [0.2, 0.25) is 11.8 Å². The van der Waals surface area contributed by atoms with Gasteiger partial charge in [-0.2, -0.15) is 0 Å². The number of hydrogen-bond donors (Lipinski definition) is 3. The molecule has 3 rings (SSSR count). The molecule has 130 valence electrons. The third kappa shape index (κ3) is 4.45. The second kappa shape index (κ2) is 7.49. The molecule has 0 radical (unpaired) electrons. The Morgan fingerprint density at radius 2 is 1.52 bits per heavy atom. The number of benzene rings is 2. The van der Waals surface area contributed by atoms with Crippen molar-refractivity contribution in [2.24, 2.45) is 17.6 Å². The van der Waals surface area contributed by atoms with Crippen molar-refractivity contribution in [2.45, 2.75) is 25.8 Å². The average molecular weight is 337 g/mol. The van der Waals surface area contributed by atoms with Gasteiger partial charge in [-0.25, -0.2) is 0 Å². The Balaban J connectivity index is 1.57. The summed E-state index contributed by atoms with van der Waals surface area (Å²) in [6.45, 7) is 1.82. The summed E-state index contributed by atoms with van der Waals surface area (Å²) < 4.78 is 0. The standard InChI is InChI=1S/C20H23N3O2/c1-13(18(21)14-5-3-2-4-6-14)19(24)22-16-9-11-17(12-10-16)23-20(25)15-7-8-15/h2-6,9-13,15,18H,7-8,21H2,1H3,(H,22,24)(H,23,25). The normalized spacial score (nSPS) is 15.9. The SMILES string of the molecule is CC(C(=O)Nc1ccc(NC(=O)C2CC2)cc1)C(N)c1ccccc1. The molecule has 25 heavy (non-hydrogen) atoms. The number of carbonyl (C=O) groups is 2. The lowest BCUT2D eigenvalue weighted by Crippen LogP contribution is -2.30.